The van der Waals surface area contributed by atoms with Crippen LogP contribution >= 0.6 is 0 Å². The molecule has 3 amide bonds. The Morgan fingerprint density at radius 3 is 2.35 bits per heavy atom. The first-order valence-electron chi connectivity index (χ1n) is 10.9. The molecule has 0 atom stereocenters. The highest BCUT2D eigenvalue weighted by atomic mass is 16.5. The molecule has 0 radical (unpaired) electrons. The zero-order valence-corrected chi connectivity index (χ0v) is 18.7. The van der Waals surface area contributed by atoms with Crippen molar-refractivity contribution < 1.29 is 23.9 Å². The quantitative estimate of drug-likeness (QED) is 0.451. The third kappa shape index (κ3) is 6.13. The first-order valence-corrected chi connectivity index (χ1v) is 10.9. The lowest BCUT2D eigenvalue weighted by Crippen LogP contribution is -2.27. The maximum atomic E-state index is 12.7. The van der Waals surface area contributed by atoms with E-state index in [2.05, 4.69) is 16.0 Å². The maximum Gasteiger partial charge on any atom is 0.262 e. The van der Waals surface area contributed by atoms with Gasteiger partial charge in [-0.3, -0.25) is 14.4 Å². The molecule has 0 aliphatic heterocycles. The fraction of sp³-hybridized carbons (Fsp3) is 0.192. The van der Waals surface area contributed by atoms with Crippen molar-refractivity contribution in [1.82, 2.24) is 5.32 Å². The van der Waals surface area contributed by atoms with Gasteiger partial charge in [-0.05, 0) is 61.4 Å². The number of nitrogens with one attached hydrogen (secondary N) is 3. The Morgan fingerprint density at radius 1 is 0.853 bits per heavy atom. The summed E-state index contributed by atoms with van der Waals surface area (Å²) in [6.07, 6.45) is 1.97. The van der Waals surface area contributed by atoms with Gasteiger partial charge in [-0.1, -0.05) is 18.2 Å². The Labute approximate surface area is 197 Å². The summed E-state index contributed by atoms with van der Waals surface area (Å²) in [6, 6.07) is 20.5. The highest BCUT2D eigenvalue weighted by Crippen LogP contribution is 2.22. The zero-order valence-electron chi connectivity index (χ0n) is 18.7. The smallest absolute Gasteiger partial charge is 0.262 e. The summed E-state index contributed by atoms with van der Waals surface area (Å²) >= 11 is 0. The van der Waals surface area contributed by atoms with E-state index in [-0.39, 0.29) is 30.4 Å². The van der Waals surface area contributed by atoms with E-state index in [0.717, 1.165) is 12.8 Å². The molecule has 0 heterocycles. The van der Waals surface area contributed by atoms with E-state index in [1.807, 2.05) is 0 Å². The van der Waals surface area contributed by atoms with Crippen LogP contribution < -0.4 is 25.4 Å². The molecule has 0 spiro atoms. The molecule has 1 saturated carbocycles. The summed E-state index contributed by atoms with van der Waals surface area (Å²) in [4.78, 5) is 37.3. The summed E-state index contributed by atoms with van der Waals surface area (Å²) in [7, 11) is 1.55. The Bertz CT molecular complexity index is 1190. The normalized spacial score (nSPS) is 12.4. The lowest BCUT2D eigenvalue weighted by Gasteiger charge is -2.12. The maximum absolute atomic E-state index is 12.7. The van der Waals surface area contributed by atoms with E-state index >= 15 is 0 Å². The molecule has 8 heteroatoms. The molecule has 0 bridgehead atoms. The Balaban J connectivity index is 1.31. The van der Waals surface area contributed by atoms with Crippen molar-refractivity contribution in [2.75, 3.05) is 24.4 Å². The molecule has 0 saturated heterocycles. The molecule has 3 N–H and O–H groups in total. The third-order valence-electron chi connectivity index (χ3n) is 5.17. The van der Waals surface area contributed by atoms with Crippen molar-refractivity contribution >= 4 is 29.1 Å². The predicted molar refractivity (Wildman–Crippen MR) is 128 cm³/mol. The van der Waals surface area contributed by atoms with Gasteiger partial charge < -0.3 is 25.4 Å². The van der Waals surface area contributed by atoms with Crippen LogP contribution in [0.15, 0.2) is 72.8 Å². The average molecular weight is 460 g/mol. The van der Waals surface area contributed by atoms with E-state index in [1.54, 1.807) is 79.9 Å². The Morgan fingerprint density at radius 2 is 1.62 bits per heavy atom. The molecular weight excluding hydrogens is 434 g/mol. The fourth-order valence-electron chi connectivity index (χ4n) is 3.22. The minimum atomic E-state index is -0.353. The van der Waals surface area contributed by atoms with E-state index in [9.17, 15) is 14.4 Å². The number of hydrogen-bond acceptors (Lipinski definition) is 5. The number of amides is 3. The van der Waals surface area contributed by atoms with Crippen LogP contribution in [0.1, 0.15) is 33.6 Å². The lowest BCUT2D eigenvalue weighted by atomic mass is 10.1. The third-order valence-corrected chi connectivity index (χ3v) is 5.17. The van der Waals surface area contributed by atoms with Gasteiger partial charge in [0.2, 0.25) is 0 Å². The summed E-state index contributed by atoms with van der Waals surface area (Å²) in [5, 5.41) is 8.46. The molecule has 0 unspecified atom stereocenters. The zero-order chi connectivity index (χ0) is 23.9. The topological polar surface area (TPSA) is 106 Å². The van der Waals surface area contributed by atoms with Crippen LogP contribution in [0.3, 0.4) is 0 Å². The van der Waals surface area contributed by atoms with Crippen LogP contribution in [0, 0.1) is 0 Å². The molecule has 1 aliphatic carbocycles. The summed E-state index contributed by atoms with van der Waals surface area (Å²) in [5.41, 5.74) is 1.86. The molecule has 174 valence electrons. The fourth-order valence-corrected chi connectivity index (χ4v) is 3.22. The molecule has 34 heavy (non-hydrogen) atoms. The summed E-state index contributed by atoms with van der Waals surface area (Å²) in [5.74, 6) is 0.208. The van der Waals surface area contributed by atoms with Crippen LogP contribution in [0.5, 0.6) is 11.5 Å². The van der Waals surface area contributed by atoms with Gasteiger partial charge in [-0.15, -0.1) is 0 Å². The number of carbonyl (C=O) groups excluding carboxylic acids is 3. The van der Waals surface area contributed by atoms with Crippen LogP contribution in [0.4, 0.5) is 11.4 Å². The number of anilines is 2. The highest BCUT2D eigenvalue weighted by Gasteiger charge is 2.25. The molecule has 1 aliphatic rings. The van der Waals surface area contributed by atoms with Crippen LogP contribution in [0.25, 0.3) is 0 Å². The second kappa shape index (κ2) is 10.5. The average Bonchev–Trinajstić information content (AvgIpc) is 3.67. The number of benzene rings is 3. The first kappa shape index (κ1) is 22.8. The Hall–Kier alpha value is -4.33. The number of hydrogen-bond donors (Lipinski definition) is 3. The van der Waals surface area contributed by atoms with Gasteiger partial charge in [0.1, 0.15) is 11.5 Å². The summed E-state index contributed by atoms with van der Waals surface area (Å²) in [6.45, 7) is -0.188. The standard InChI is InChI=1S/C26H25N3O5/c1-33-21-6-4-5-19(15-21)27-24(30)16-34-20-13-9-17(10-14-20)25(31)29-23-8-3-2-7-22(23)26(32)28-18-11-12-18/h2-10,13-15,18H,11-12,16H2,1H3,(H,27,30)(H,28,32)(H,29,31). The molecule has 0 aromatic heterocycles. The van der Waals surface area contributed by atoms with Crippen molar-refractivity contribution in [3.8, 4) is 11.5 Å². The van der Waals surface area contributed by atoms with Crippen LogP contribution in [0.2, 0.25) is 0 Å². The van der Waals surface area contributed by atoms with Gasteiger partial charge in [0.15, 0.2) is 6.61 Å². The molecular formula is C26H25N3O5. The van der Waals surface area contributed by atoms with E-state index in [1.165, 1.54) is 0 Å². The van der Waals surface area contributed by atoms with Crippen molar-refractivity contribution in [3.05, 3.63) is 83.9 Å². The number of ether oxygens (including phenoxy) is 2. The molecule has 3 aromatic carbocycles. The number of rotatable bonds is 9. The van der Waals surface area contributed by atoms with E-state index < -0.39 is 0 Å². The van der Waals surface area contributed by atoms with Crippen molar-refractivity contribution in [2.24, 2.45) is 0 Å². The van der Waals surface area contributed by atoms with Crippen LogP contribution in [-0.2, 0) is 4.79 Å². The molecule has 3 aromatic rings. The molecule has 8 nitrogen and oxygen atoms in total. The number of methoxy groups -OCH3 is 1. The van der Waals surface area contributed by atoms with E-state index in [0.29, 0.717) is 34.0 Å². The van der Waals surface area contributed by atoms with Crippen molar-refractivity contribution in [1.29, 1.82) is 0 Å². The van der Waals surface area contributed by atoms with Gasteiger partial charge in [-0.25, -0.2) is 0 Å². The molecule has 1 fully saturated rings. The van der Waals surface area contributed by atoms with Crippen molar-refractivity contribution in [3.63, 3.8) is 0 Å². The highest BCUT2D eigenvalue weighted by molar-refractivity contribution is 6.09. The second-order valence-electron chi connectivity index (χ2n) is 7.84. The Kier molecular flexibility index (Phi) is 7.07. The van der Waals surface area contributed by atoms with Gasteiger partial charge in [0.25, 0.3) is 17.7 Å². The number of para-hydroxylation sites is 1. The predicted octanol–water partition coefficient (Wildman–Crippen LogP) is 3.86. The lowest BCUT2D eigenvalue weighted by molar-refractivity contribution is -0.118. The largest absolute Gasteiger partial charge is 0.497 e. The number of carbonyl (C=O) groups is 3. The first-order chi connectivity index (χ1) is 16.5. The minimum absolute atomic E-state index is 0.188. The van der Waals surface area contributed by atoms with Gasteiger partial charge in [-0.2, -0.15) is 0 Å². The van der Waals surface area contributed by atoms with Gasteiger partial charge in [0, 0.05) is 23.4 Å². The minimum Gasteiger partial charge on any atom is -0.497 e. The SMILES string of the molecule is COc1cccc(NC(=O)COc2ccc(C(=O)Nc3ccccc3C(=O)NC3CC3)cc2)c1. The second-order valence-corrected chi connectivity index (χ2v) is 7.84. The monoisotopic (exact) mass is 459 g/mol. The molecule has 4 rings (SSSR count). The van der Waals surface area contributed by atoms with E-state index in [4.69, 9.17) is 9.47 Å². The summed E-state index contributed by atoms with van der Waals surface area (Å²) < 4.78 is 10.6. The van der Waals surface area contributed by atoms with Gasteiger partial charge >= 0.3 is 0 Å². The van der Waals surface area contributed by atoms with Crippen LogP contribution in [-0.4, -0.2) is 37.5 Å². The van der Waals surface area contributed by atoms with Gasteiger partial charge in [0.05, 0.1) is 18.4 Å². The van der Waals surface area contributed by atoms with Crippen molar-refractivity contribution in [2.45, 2.75) is 18.9 Å².